The fourth-order valence-corrected chi connectivity index (χ4v) is 3.78. The highest BCUT2D eigenvalue weighted by Crippen LogP contribution is 2.41. The number of carbonyl (C=O) groups is 2. The van der Waals surface area contributed by atoms with Crippen LogP contribution in [-0.4, -0.2) is 52.8 Å². The van der Waals surface area contributed by atoms with Crippen molar-refractivity contribution in [3.05, 3.63) is 41.7 Å². The fraction of sp³-hybridized carbons (Fsp3) is 0.550. The first-order valence-corrected chi connectivity index (χ1v) is 9.06. The molecule has 2 aliphatic rings. The van der Waals surface area contributed by atoms with Crippen molar-refractivity contribution in [3.63, 3.8) is 0 Å². The summed E-state index contributed by atoms with van der Waals surface area (Å²) in [4.78, 5) is 32.9. The van der Waals surface area contributed by atoms with Gasteiger partial charge in [-0.3, -0.25) is 14.6 Å². The van der Waals surface area contributed by atoms with Gasteiger partial charge >= 0.3 is 0 Å². The lowest BCUT2D eigenvalue weighted by Gasteiger charge is -2.38. The van der Waals surface area contributed by atoms with Crippen LogP contribution in [0.4, 0.5) is 0 Å². The van der Waals surface area contributed by atoms with Gasteiger partial charge in [-0.15, -0.1) is 0 Å². The first-order valence-electron chi connectivity index (χ1n) is 9.06. The molecule has 1 aromatic heterocycles. The summed E-state index contributed by atoms with van der Waals surface area (Å²) >= 11 is 0. The SMILES string of the molecule is CC(C)=CCN1CC2(CCN(C(=O)Cc3ccccn3)CC2)CC1=O. The fourth-order valence-electron chi connectivity index (χ4n) is 3.78. The van der Waals surface area contributed by atoms with Gasteiger partial charge in [0.1, 0.15) is 0 Å². The lowest BCUT2D eigenvalue weighted by Crippen LogP contribution is -2.44. The van der Waals surface area contributed by atoms with Gasteiger partial charge in [0.05, 0.1) is 6.42 Å². The van der Waals surface area contributed by atoms with E-state index in [0.29, 0.717) is 19.4 Å². The van der Waals surface area contributed by atoms with Crippen LogP contribution in [0.2, 0.25) is 0 Å². The Kier molecular flexibility index (Phi) is 5.21. The zero-order valence-corrected chi connectivity index (χ0v) is 15.2. The Bertz CT molecular complexity index is 657. The summed E-state index contributed by atoms with van der Waals surface area (Å²) < 4.78 is 0. The van der Waals surface area contributed by atoms with Crippen molar-refractivity contribution in [3.8, 4) is 0 Å². The topological polar surface area (TPSA) is 53.5 Å². The Hall–Kier alpha value is -2.17. The Morgan fingerprint density at radius 2 is 2.04 bits per heavy atom. The van der Waals surface area contributed by atoms with Gasteiger partial charge in [-0.2, -0.15) is 0 Å². The molecule has 0 N–H and O–H groups in total. The first-order chi connectivity index (χ1) is 12.0. The van der Waals surface area contributed by atoms with Crippen LogP contribution in [0.3, 0.4) is 0 Å². The Morgan fingerprint density at radius 3 is 2.68 bits per heavy atom. The van der Waals surface area contributed by atoms with Crippen LogP contribution in [0.25, 0.3) is 0 Å². The highest BCUT2D eigenvalue weighted by molar-refractivity contribution is 5.80. The minimum absolute atomic E-state index is 0.0638. The number of likely N-dealkylation sites (tertiary alicyclic amines) is 2. The summed E-state index contributed by atoms with van der Waals surface area (Å²) in [6.45, 7) is 7.15. The molecule has 3 rings (SSSR count). The summed E-state index contributed by atoms with van der Waals surface area (Å²) in [5.74, 6) is 0.394. The Balaban J connectivity index is 1.54. The number of nitrogens with zero attached hydrogens (tertiary/aromatic N) is 3. The van der Waals surface area contributed by atoms with Crippen LogP contribution >= 0.6 is 0 Å². The molecule has 2 amide bonds. The van der Waals surface area contributed by atoms with E-state index in [1.165, 1.54) is 5.57 Å². The summed E-state index contributed by atoms with van der Waals surface area (Å²) in [7, 11) is 0. The van der Waals surface area contributed by atoms with Crippen molar-refractivity contribution in [2.75, 3.05) is 26.2 Å². The van der Waals surface area contributed by atoms with E-state index in [9.17, 15) is 9.59 Å². The minimum Gasteiger partial charge on any atom is -0.342 e. The summed E-state index contributed by atoms with van der Waals surface area (Å²) in [6, 6.07) is 5.66. The van der Waals surface area contributed by atoms with E-state index in [0.717, 1.165) is 38.2 Å². The van der Waals surface area contributed by atoms with Crippen LogP contribution in [0.15, 0.2) is 36.0 Å². The molecule has 3 heterocycles. The molecule has 1 aromatic rings. The van der Waals surface area contributed by atoms with Crippen LogP contribution in [0.1, 0.15) is 38.8 Å². The standard InChI is InChI=1S/C20H27N3O2/c1-16(2)6-10-23-15-20(14-19(23)25)7-11-22(12-8-20)18(24)13-17-5-3-4-9-21-17/h3-6,9H,7-8,10-15H2,1-2H3. The number of allylic oxidation sites excluding steroid dienone is 1. The Morgan fingerprint density at radius 1 is 1.28 bits per heavy atom. The van der Waals surface area contributed by atoms with E-state index in [1.807, 2.05) is 28.0 Å². The van der Waals surface area contributed by atoms with Crippen molar-refractivity contribution in [2.45, 2.75) is 39.5 Å². The molecule has 2 aliphatic heterocycles. The van der Waals surface area contributed by atoms with Crippen molar-refractivity contribution < 1.29 is 9.59 Å². The van der Waals surface area contributed by atoms with Gasteiger partial charge in [0.25, 0.3) is 0 Å². The number of pyridine rings is 1. The number of hydrogen-bond donors (Lipinski definition) is 0. The smallest absolute Gasteiger partial charge is 0.228 e. The van der Waals surface area contributed by atoms with E-state index in [4.69, 9.17) is 0 Å². The average molecular weight is 341 g/mol. The van der Waals surface area contributed by atoms with Crippen molar-refractivity contribution in [1.82, 2.24) is 14.8 Å². The number of aromatic nitrogens is 1. The molecule has 0 bridgehead atoms. The van der Waals surface area contributed by atoms with Crippen LogP contribution in [-0.2, 0) is 16.0 Å². The van der Waals surface area contributed by atoms with Crippen LogP contribution < -0.4 is 0 Å². The molecule has 134 valence electrons. The normalized spacial score (nSPS) is 19.4. The first kappa shape index (κ1) is 17.6. The number of hydrogen-bond acceptors (Lipinski definition) is 3. The molecule has 0 radical (unpaired) electrons. The molecule has 0 atom stereocenters. The molecular weight excluding hydrogens is 314 g/mol. The number of rotatable bonds is 4. The van der Waals surface area contributed by atoms with Gasteiger partial charge in [-0.1, -0.05) is 17.7 Å². The van der Waals surface area contributed by atoms with E-state index in [-0.39, 0.29) is 17.2 Å². The second-order valence-electron chi connectivity index (χ2n) is 7.61. The predicted molar refractivity (Wildman–Crippen MR) is 96.8 cm³/mol. The summed E-state index contributed by atoms with van der Waals surface area (Å²) in [6.07, 6.45) is 6.66. The number of carbonyl (C=O) groups excluding carboxylic acids is 2. The second-order valence-corrected chi connectivity index (χ2v) is 7.61. The van der Waals surface area contributed by atoms with Crippen LogP contribution in [0, 0.1) is 5.41 Å². The Labute approximate surface area is 149 Å². The second kappa shape index (κ2) is 7.38. The highest BCUT2D eigenvalue weighted by atomic mass is 16.2. The molecule has 0 saturated carbocycles. The van der Waals surface area contributed by atoms with Crippen molar-refractivity contribution >= 4 is 11.8 Å². The molecule has 2 fully saturated rings. The third-order valence-electron chi connectivity index (χ3n) is 5.36. The molecule has 5 nitrogen and oxygen atoms in total. The zero-order valence-electron chi connectivity index (χ0n) is 15.2. The van der Waals surface area contributed by atoms with Gasteiger partial charge in [0, 0.05) is 49.9 Å². The monoisotopic (exact) mass is 341 g/mol. The molecular formula is C20H27N3O2. The number of piperidine rings is 1. The lowest BCUT2D eigenvalue weighted by molar-refractivity contribution is -0.132. The highest BCUT2D eigenvalue weighted by Gasteiger charge is 2.44. The molecule has 25 heavy (non-hydrogen) atoms. The number of amides is 2. The zero-order chi connectivity index (χ0) is 17.9. The minimum atomic E-state index is 0.0638. The third-order valence-corrected chi connectivity index (χ3v) is 5.36. The van der Waals surface area contributed by atoms with Gasteiger partial charge in [0.15, 0.2) is 0 Å². The molecule has 5 heteroatoms. The molecule has 0 aliphatic carbocycles. The lowest BCUT2D eigenvalue weighted by atomic mass is 9.77. The summed E-state index contributed by atoms with van der Waals surface area (Å²) in [5, 5.41) is 0. The maximum atomic E-state index is 12.5. The average Bonchev–Trinajstić information content (AvgIpc) is 2.89. The van der Waals surface area contributed by atoms with Gasteiger partial charge in [-0.05, 0) is 38.8 Å². The molecule has 0 aromatic carbocycles. The van der Waals surface area contributed by atoms with Crippen molar-refractivity contribution in [1.29, 1.82) is 0 Å². The largest absolute Gasteiger partial charge is 0.342 e. The van der Waals surface area contributed by atoms with E-state index < -0.39 is 0 Å². The molecule has 1 spiro atoms. The molecule has 0 unspecified atom stereocenters. The predicted octanol–water partition coefficient (Wildman–Crippen LogP) is 2.43. The van der Waals surface area contributed by atoms with Gasteiger partial charge in [-0.25, -0.2) is 0 Å². The van der Waals surface area contributed by atoms with E-state index >= 15 is 0 Å². The molecule has 2 saturated heterocycles. The van der Waals surface area contributed by atoms with E-state index in [1.54, 1.807) is 6.20 Å². The third kappa shape index (κ3) is 4.27. The maximum absolute atomic E-state index is 12.5. The quantitative estimate of drug-likeness (QED) is 0.791. The van der Waals surface area contributed by atoms with Gasteiger partial charge in [0.2, 0.25) is 11.8 Å². The van der Waals surface area contributed by atoms with E-state index in [2.05, 4.69) is 24.9 Å². The van der Waals surface area contributed by atoms with Crippen molar-refractivity contribution in [2.24, 2.45) is 5.41 Å². The summed E-state index contributed by atoms with van der Waals surface area (Å²) in [5.41, 5.74) is 2.12. The van der Waals surface area contributed by atoms with Crippen LogP contribution in [0.5, 0.6) is 0 Å². The van der Waals surface area contributed by atoms with Gasteiger partial charge < -0.3 is 9.80 Å². The maximum Gasteiger partial charge on any atom is 0.228 e.